The van der Waals surface area contributed by atoms with E-state index in [1.165, 1.54) is 11.1 Å². The van der Waals surface area contributed by atoms with Gasteiger partial charge in [0, 0.05) is 0 Å². The normalized spacial score (nSPS) is 11.9. The van der Waals surface area contributed by atoms with Crippen molar-refractivity contribution in [3.63, 3.8) is 0 Å². The molecule has 2 rings (SSSR count). The van der Waals surface area contributed by atoms with E-state index in [1.54, 1.807) is 0 Å². The van der Waals surface area contributed by atoms with Crippen LogP contribution in [0.15, 0.2) is 16.8 Å². The van der Waals surface area contributed by atoms with Gasteiger partial charge in [0.25, 0.3) is 0 Å². The number of benzene rings is 1. The van der Waals surface area contributed by atoms with Crippen LogP contribution < -0.4 is 0 Å². The molecule has 1 aromatic carbocycles. The Hall–Kier alpha value is -1.38. The molecule has 0 fully saturated rings. The third-order valence-corrected chi connectivity index (χ3v) is 2.72. The lowest BCUT2D eigenvalue weighted by Gasteiger charge is -2.09. The zero-order valence-corrected chi connectivity index (χ0v) is 9.61. The average Bonchev–Trinajstić information content (AvgIpc) is 2.63. The van der Waals surface area contributed by atoms with Crippen molar-refractivity contribution in [2.24, 2.45) is 0 Å². The standard InChI is InChI=1S/C12H16N2O/c1-7(2)9-5-6-10(8(3)4)12-11(9)13-15-14-12/h5-8H,1-4H3. The number of hydrogen-bond acceptors (Lipinski definition) is 3. The predicted molar refractivity (Wildman–Crippen MR) is 60.0 cm³/mol. The molecule has 0 bridgehead atoms. The van der Waals surface area contributed by atoms with Crippen LogP contribution >= 0.6 is 0 Å². The van der Waals surface area contributed by atoms with Crippen LogP contribution in [0.3, 0.4) is 0 Å². The van der Waals surface area contributed by atoms with Crippen molar-refractivity contribution in [1.82, 2.24) is 10.3 Å². The van der Waals surface area contributed by atoms with E-state index < -0.39 is 0 Å². The highest BCUT2D eigenvalue weighted by molar-refractivity contribution is 5.81. The first kappa shape index (κ1) is 10.1. The molecule has 3 nitrogen and oxygen atoms in total. The minimum Gasteiger partial charge on any atom is -0.243 e. The smallest absolute Gasteiger partial charge is 0.138 e. The Bertz CT molecular complexity index is 429. The third kappa shape index (κ3) is 1.62. The Morgan fingerprint density at radius 1 is 0.867 bits per heavy atom. The summed E-state index contributed by atoms with van der Waals surface area (Å²) in [6.07, 6.45) is 0. The monoisotopic (exact) mass is 204 g/mol. The summed E-state index contributed by atoms with van der Waals surface area (Å²) < 4.78 is 4.85. The van der Waals surface area contributed by atoms with Gasteiger partial charge in [0.05, 0.1) is 0 Å². The highest BCUT2D eigenvalue weighted by Crippen LogP contribution is 2.29. The van der Waals surface area contributed by atoms with Crippen LogP contribution in [0.2, 0.25) is 0 Å². The molecule has 0 spiro atoms. The molecule has 0 aliphatic heterocycles. The van der Waals surface area contributed by atoms with E-state index in [1.807, 2.05) is 0 Å². The molecule has 0 N–H and O–H groups in total. The zero-order chi connectivity index (χ0) is 11.0. The number of nitrogens with zero attached hydrogens (tertiary/aromatic N) is 2. The first-order chi connectivity index (χ1) is 7.11. The second-order valence-corrected chi connectivity index (χ2v) is 4.51. The SMILES string of the molecule is CC(C)c1ccc(C(C)C)c2nonc12. The number of hydrogen-bond donors (Lipinski definition) is 0. The molecule has 0 radical (unpaired) electrons. The summed E-state index contributed by atoms with van der Waals surface area (Å²) in [6.45, 7) is 8.61. The van der Waals surface area contributed by atoms with Gasteiger partial charge in [0.1, 0.15) is 11.0 Å². The molecular formula is C12H16N2O. The Morgan fingerprint density at radius 2 is 1.27 bits per heavy atom. The van der Waals surface area contributed by atoms with Crippen molar-refractivity contribution in [3.05, 3.63) is 23.3 Å². The van der Waals surface area contributed by atoms with Crippen molar-refractivity contribution >= 4 is 11.0 Å². The summed E-state index contributed by atoms with van der Waals surface area (Å²) in [5, 5.41) is 7.99. The zero-order valence-electron chi connectivity index (χ0n) is 9.61. The summed E-state index contributed by atoms with van der Waals surface area (Å²) >= 11 is 0. The average molecular weight is 204 g/mol. The fraction of sp³-hybridized carbons (Fsp3) is 0.500. The number of rotatable bonds is 2. The summed E-state index contributed by atoms with van der Waals surface area (Å²) in [4.78, 5) is 0. The molecule has 0 saturated heterocycles. The van der Waals surface area contributed by atoms with Crippen LogP contribution in [0.5, 0.6) is 0 Å². The van der Waals surface area contributed by atoms with Crippen molar-refractivity contribution < 1.29 is 4.63 Å². The third-order valence-electron chi connectivity index (χ3n) is 2.72. The quantitative estimate of drug-likeness (QED) is 0.751. The van der Waals surface area contributed by atoms with Crippen LogP contribution in [0.1, 0.15) is 50.7 Å². The molecule has 0 unspecified atom stereocenters. The molecule has 1 heterocycles. The Kier molecular flexibility index (Phi) is 2.47. The van der Waals surface area contributed by atoms with Gasteiger partial charge in [-0.2, -0.15) is 0 Å². The van der Waals surface area contributed by atoms with Gasteiger partial charge in [-0.3, -0.25) is 0 Å². The van der Waals surface area contributed by atoms with Crippen molar-refractivity contribution in [3.8, 4) is 0 Å². The molecule has 0 atom stereocenters. The summed E-state index contributed by atoms with van der Waals surface area (Å²) in [6, 6.07) is 4.26. The van der Waals surface area contributed by atoms with Gasteiger partial charge in [-0.1, -0.05) is 39.8 Å². The molecular weight excluding hydrogens is 188 g/mol. The molecule has 1 aromatic heterocycles. The maximum atomic E-state index is 4.85. The van der Waals surface area contributed by atoms with Crippen LogP contribution in [-0.2, 0) is 0 Å². The Balaban J connectivity index is 2.71. The van der Waals surface area contributed by atoms with Gasteiger partial charge in [0.15, 0.2) is 0 Å². The Morgan fingerprint density at radius 3 is 1.60 bits per heavy atom. The van der Waals surface area contributed by atoms with Crippen LogP contribution in [-0.4, -0.2) is 10.3 Å². The molecule has 0 aliphatic carbocycles. The molecule has 2 aromatic rings. The molecule has 3 heteroatoms. The number of fused-ring (bicyclic) bond motifs is 1. The predicted octanol–water partition coefficient (Wildman–Crippen LogP) is 3.47. The summed E-state index contributed by atoms with van der Waals surface area (Å²) in [5.74, 6) is 0.890. The number of aromatic nitrogens is 2. The highest BCUT2D eigenvalue weighted by Gasteiger charge is 2.15. The van der Waals surface area contributed by atoms with E-state index in [0.717, 1.165) is 11.0 Å². The van der Waals surface area contributed by atoms with Crippen LogP contribution in [0, 0.1) is 0 Å². The maximum absolute atomic E-state index is 4.85. The van der Waals surface area contributed by atoms with E-state index in [4.69, 9.17) is 4.63 Å². The first-order valence-electron chi connectivity index (χ1n) is 5.36. The second-order valence-electron chi connectivity index (χ2n) is 4.51. The molecule has 0 aliphatic rings. The molecule has 0 amide bonds. The minimum atomic E-state index is 0.445. The van der Waals surface area contributed by atoms with E-state index in [0.29, 0.717) is 11.8 Å². The minimum absolute atomic E-state index is 0.445. The first-order valence-corrected chi connectivity index (χ1v) is 5.36. The van der Waals surface area contributed by atoms with Gasteiger partial charge in [-0.15, -0.1) is 0 Å². The van der Waals surface area contributed by atoms with E-state index >= 15 is 0 Å². The van der Waals surface area contributed by atoms with Gasteiger partial charge in [-0.25, -0.2) is 4.63 Å². The molecule has 80 valence electrons. The Labute approximate surface area is 89.4 Å². The van der Waals surface area contributed by atoms with Crippen LogP contribution in [0.25, 0.3) is 11.0 Å². The molecule has 0 saturated carbocycles. The largest absolute Gasteiger partial charge is 0.243 e. The summed E-state index contributed by atoms with van der Waals surface area (Å²) in [7, 11) is 0. The van der Waals surface area contributed by atoms with Gasteiger partial charge >= 0.3 is 0 Å². The van der Waals surface area contributed by atoms with E-state index in [-0.39, 0.29) is 0 Å². The van der Waals surface area contributed by atoms with Crippen molar-refractivity contribution in [2.75, 3.05) is 0 Å². The highest BCUT2D eigenvalue weighted by atomic mass is 16.6. The van der Waals surface area contributed by atoms with Gasteiger partial charge in [0.2, 0.25) is 0 Å². The van der Waals surface area contributed by atoms with Crippen molar-refractivity contribution in [2.45, 2.75) is 39.5 Å². The van der Waals surface area contributed by atoms with Gasteiger partial charge < -0.3 is 0 Å². The maximum Gasteiger partial charge on any atom is 0.138 e. The lowest BCUT2D eigenvalue weighted by atomic mass is 9.95. The molecule has 15 heavy (non-hydrogen) atoms. The van der Waals surface area contributed by atoms with Crippen LogP contribution in [0.4, 0.5) is 0 Å². The lowest BCUT2D eigenvalue weighted by molar-refractivity contribution is 0.315. The van der Waals surface area contributed by atoms with Gasteiger partial charge in [-0.05, 0) is 33.3 Å². The fourth-order valence-electron chi connectivity index (χ4n) is 1.84. The second kappa shape index (κ2) is 3.65. The topological polar surface area (TPSA) is 38.9 Å². The lowest BCUT2D eigenvalue weighted by Crippen LogP contribution is -1.94. The summed E-state index contributed by atoms with van der Waals surface area (Å²) in [5.41, 5.74) is 4.23. The van der Waals surface area contributed by atoms with E-state index in [9.17, 15) is 0 Å². The van der Waals surface area contributed by atoms with E-state index in [2.05, 4.69) is 50.1 Å². The van der Waals surface area contributed by atoms with Crippen molar-refractivity contribution in [1.29, 1.82) is 0 Å². The fourth-order valence-corrected chi connectivity index (χ4v) is 1.84.